The van der Waals surface area contributed by atoms with Gasteiger partial charge in [-0.15, -0.1) is 0 Å². The molecule has 1 aliphatic heterocycles. The van der Waals surface area contributed by atoms with E-state index in [9.17, 15) is 9.18 Å². The van der Waals surface area contributed by atoms with Crippen molar-refractivity contribution in [1.29, 1.82) is 0 Å². The molecule has 162 valence electrons. The van der Waals surface area contributed by atoms with E-state index in [-0.39, 0.29) is 16.7 Å². The number of rotatable bonds is 4. The minimum absolute atomic E-state index is 0.0226. The molecule has 2 aliphatic rings. The van der Waals surface area contributed by atoms with E-state index in [0.717, 1.165) is 46.5 Å². The van der Waals surface area contributed by atoms with E-state index < -0.39 is 11.5 Å². The fourth-order valence-electron chi connectivity index (χ4n) is 3.84. The van der Waals surface area contributed by atoms with Crippen molar-refractivity contribution in [3.63, 3.8) is 0 Å². The lowest BCUT2D eigenvalue weighted by molar-refractivity contribution is -0.113. The van der Waals surface area contributed by atoms with Crippen LogP contribution in [0.3, 0.4) is 0 Å². The molecule has 2 aromatic rings. The van der Waals surface area contributed by atoms with Crippen LogP contribution in [0.2, 0.25) is 5.02 Å². The number of halogens is 3. The van der Waals surface area contributed by atoms with Gasteiger partial charge in [0.25, 0.3) is 0 Å². The van der Waals surface area contributed by atoms with E-state index in [1.165, 1.54) is 42.8 Å². The Morgan fingerprint density at radius 1 is 1.10 bits per heavy atom. The predicted octanol–water partition coefficient (Wildman–Crippen LogP) is 6.87. The smallest absolute Gasteiger partial charge is 0.234 e. The zero-order valence-corrected chi connectivity index (χ0v) is 20.0. The highest BCUT2D eigenvalue weighted by molar-refractivity contribution is 9.10. The average molecular weight is 523 g/mol. The van der Waals surface area contributed by atoms with Gasteiger partial charge < -0.3 is 5.32 Å². The monoisotopic (exact) mass is 521 g/mol. The molecule has 1 fully saturated rings. The highest BCUT2D eigenvalue weighted by atomic mass is 79.9. The highest BCUT2D eigenvalue weighted by Crippen LogP contribution is 2.38. The summed E-state index contributed by atoms with van der Waals surface area (Å²) in [5, 5.41) is 3.54. The van der Waals surface area contributed by atoms with Crippen LogP contribution in [-0.2, 0) is 4.79 Å². The van der Waals surface area contributed by atoms with Gasteiger partial charge in [0.15, 0.2) is 5.66 Å². The van der Waals surface area contributed by atoms with Crippen molar-refractivity contribution in [2.24, 2.45) is 9.98 Å². The molecule has 0 unspecified atom stereocenters. The standard InChI is InChI=1S/C23H22BrClFN3OS/c24-16-7-5-15(6-8-16)21-22(29-23(28-21)11-3-1-2-4-12-23)31-14-20(30)27-17-9-10-19(26)18(25)13-17/h5-10,13H,1-4,11-12,14H2,(H,27,30). The molecule has 1 spiro atoms. The van der Waals surface area contributed by atoms with Gasteiger partial charge in [-0.3, -0.25) is 9.79 Å². The maximum atomic E-state index is 13.3. The van der Waals surface area contributed by atoms with Crippen LogP contribution in [-0.4, -0.2) is 28.1 Å². The fraction of sp³-hybridized carbons (Fsp3) is 0.348. The number of anilines is 1. The van der Waals surface area contributed by atoms with Gasteiger partial charge in [-0.25, -0.2) is 9.38 Å². The van der Waals surface area contributed by atoms with Crippen LogP contribution in [0.15, 0.2) is 56.9 Å². The molecular formula is C23H22BrClFN3OS. The van der Waals surface area contributed by atoms with Crippen LogP contribution in [0, 0.1) is 5.82 Å². The number of nitrogens with zero attached hydrogens (tertiary/aromatic N) is 2. The Morgan fingerprint density at radius 2 is 1.81 bits per heavy atom. The third-order valence-electron chi connectivity index (χ3n) is 5.40. The van der Waals surface area contributed by atoms with Crippen LogP contribution in [0.4, 0.5) is 10.1 Å². The maximum Gasteiger partial charge on any atom is 0.234 e. The van der Waals surface area contributed by atoms with E-state index in [0.29, 0.717) is 5.69 Å². The average Bonchev–Trinajstić information content (AvgIpc) is 2.94. The SMILES string of the molecule is O=C(CSC1=NC2(CCCCCC2)N=C1c1ccc(Br)cc1)Nc1ccc(F)c(Cl)c1. The molecule has 1 N–H and O–H groups in total. The second-order valence-corrected chi connectivity index (χ2v) is 10.0. The summed E-state index contributed by atoms with van der Waals surface area (Å²) >= 11 is 10.7. The summed E-state index contributed by atoms with van der Waals surface area (Å²) in [5.74, 6) is -0.537. The van der Waals surface area contributed by atoms with E-state index in [2.05, 4.69) is 21.2 Å². The molecule has 1 saturated carbocycles. The van der Waals surface area contributed by atoms with Gasteiger partial charge in [0, 0.05) is 15.7 Å². The van der Waals surface area contributed by atoms with Crippen LogP contribution < -0.4 is 5.32 Å². The van der Waals surface area contributed by atoms with Crippen LogP contribution in [0.1, 0.15) is 44.1 Å². The first-order chi connectivity index (χ1) is 14.9. The lowest BCUT2D eigenvalue weighted by atomic mass is 10.0. The summed E-state index contributed by atoms with van der Waals surface area (Å²) in [7, 11) is 0. The Kier molecular flexibility index (Phi) is 7.14. The van der Waals surface area contributed by atoms with Crippen LogP contribution in [0.5, 0.6) is 0 Å². The predicted molar refractivity (Wildman–Crippen MR) is 131 cm³/mol. The molecule has 0 atom stereocenters. The summed E-state index contributed by atoms with van der Waals surface area (Å²) < 4.78 is 14.3. The molecule has 8 heteroatoms. The third-order valence-corrected chi connectivity index (χ3v) is 7.18. The van der Waals surface area contributed by atoms with E-state index >= 15 is 0 Å². The van der Waals surface area contributed by atoms with Crippen molar-refractivity contribution >= 4 is 61.6 Å². The first kappa shape index (κ1) is 22.5. The van der Waals surface area contributed by atoms with Crippen molar-refractivity contribution in [3.05, 3.63) is 63.3 Å². The number of carbonyl (C=O) groups excluding carboxylic acids is 1. The van der Waals surface area contributed by atoms with Gasteiger partial charge in [0.2, 0.25) is 5.91 Å². The number of carbonyl (C=O) groups is 1. The normalized spacial score (nSPS) is 17.8. The van der Waals surface area contributed by atoms with Crippen molar-refractivity contribution in [2.75, 3.05) is 11.1 Å². The second kappa shape index (κ2) is 9.84. The number of hydrogen-bond acceptors (Lipinski definition) is 4. The van der Waals surface area contributed by atoms with Gasteiger partial charge in [0.1, 0.15) is 10.9 Å². The minimum Gasteiger partial charge on any atom is -0.325 e. The Hall–Kier alpha value is -1.70. The molecule has 4 nitrogen and oxygen atoms in total. The van der Waals surface area contributed by atoms with Crippen LogP contribution in [0.25, 0.3) is 0 Å². The highest BCUT2D eigenvalue weighted by Gasteiger charge is 2.37. The molecule has 1 heterocycles. The summed E-state index contributed by atoms with van der Waals surface area (Å²) in [4.78, 5) is 22.6. The molecule has 1 aliphatic carbocycles. The van der Waals surface area contributed by atoms with E-state index in [4.69, 9.17) is 21.6 Å². The Labute approximate surface area is 198 Å². The van der Waals surface area contributed by atoms with Crippen LogP contribution >= 0.6 is 39.3 Å². The van der Waals surface area contributed by atoms with Gasteiger partial charge in [-0.05, 0) is 56.0 Å². The van der Waals surface area contributed by atoms with E-state index in [1.807, 2.05) is 24.3 Å². The molecule has 2 aromatic carbocycles. The number of benzene rings is 2. The van der Waals surface area contributed by atoms with Gasteiger partial charge in [-0.1, -0.05) is 64.3 Å². The van der Waals surface area contributed by atoms with Gasteiger partial charge in [0.05, 0.1) is 16.5 Å². The van der Waals surface area contributed by atoms with Gasteiger partial charge >= 0.3 is 0 Å². The van der Waals surface area contributed by atoms with E-state index in [1.54, 1.807) is 0 Å². The number of amides is 1. The number of nitrogens with one attached hydrogen (secondary N) is 1. The van der Waals surface area contributed by atoms with Gasteiger partial charge in [-0.2, -0.15) is 0 Å². The summed E-state index contributed by atoms with van der Waals surface area (Å²) in [6.07, 6.45) is 6.54. The molecule has 0 aromatic heterocycles. The van der Waals surface area contributed by atoms with Crippen molar-refractivity contribution in [3.8, 4) is 0 Å². The summed E-state index contributed by atoms with van der Waals surface area (Å²) in [6.45, 7) is 0. The zero-order valence-electron chi connectivity index (χ0n) is 16.8. The first-order valence-electron chi connectivity index (χ1n) is 10.3. The largest absolute Gasteiger partial charge is 0.325 e. The zero-order chi connectivity index (χ0) is 21.8. The van der Waals surface area contributed by atoms with Crippen molar-refractivity contribution in [2.45, 2.75) is 44.2 Å². The lowest BCUT2D eigenvalue weighted by Gasteiger charge is -2.20. The maximum absolute atomic E-state index is 13.3. The summed E-state index contributed by atoms with van der Waals surface area (Å²) in [5.41, 5.74) is 1.92. The second-order valence-electron chi connectivity index (χ2n) is 7.75. The Balaban J connectivity index is 1.51. The number of aliphatic imine (C=N–C) groups is 2. The molecule has 4 rings (SSSR count). The molecule has 31 heavy (non-hydrogen) atoms. The minimum atomic E-state index is -0.515. The lowest BCUT2D eigenvalue weighted by Crippen LogP contribution is -2.20. The molecule has 0 bridgehead atoms. The first-order valence-corrected chi connectivity index (χ1v) is 12.4. The molecule has 1 amide bonds. The number of thioether (sulfide) groups is 1. The fourth-order valence-corrected chi connectivity index (χ4v) is 5.16. The van der Waals surface area contributed by atoms with Crippen molar-refractivity contribution in [1.82, 2.24) is 0 Å². The topological polar surface area (TPSA) is 53.8 Å². The third kappa shape index (κ3) is 5.57. The number of hydrogen-bond donors (Lipinski definition) is 1. The quantitative estimate of drug-likeness (QED) is 0.476. The molecule has 0 radical (unpaired) electrons. The molecular weight excluding hydrogens is 501 g/mol. The Bertz CT molecular complexity index is 1030. The molecule has 0 saturated heterocycles. The summed E-state index contributed by atoms with van der Waals surface area (Å²) in [6, 6.07) is 12.2. The van der Waals surface area contributed by atoms with Crippen molar-refractivity contribution < 1.29 is 9.18 Å². The Morgan fingerprint density at radius 3 is 2.48 bits per heavy atom.